The summed E-state index contributed by atoms with van der Waals surface area (Å²) in [5, 5.41) is 1.66. The van der Waals surface area contributed by atoms with Crippen molar-refractivity contribution in [3.8, 4) is 0 Å². The summed E-state index contributed by atoms with van der Waals surface area (Å²) in [5.41, 5.74) is -1.22. The van der Waals surface area contributed by atoms with Crippen LogP contribution in [0.1, 0.15) is 47.5 Å². The van der Waals surface area contributed by atoms with Crippen molar-refractivity contribution in [1.82, 2.24) is 5.06 Å². The van der Waals surface area contributed by atoms with E-state index in [0.717, 1.165) is 0 Å². The van der Waals surface area contributed by atoms with Gasteiger partial charge in [0.25, 0.3) is 6.10 Å². The van der Waals surface area contributed by atoms with Gasteiger partial charge in [0.15, 0.2) is 5.79 Å². The van der Waals surface area contributed by atoms with E-state index in [0.29, 0.717) is 19.4 Å². The molecule has 0 N–H and O–H groups in total. The van der Waals surface area contributed by atoms with Gasteiger partial charge in [0, 0.05) is 23.9 Å². The second-order valence-electron chi connectivity index (χ2n) is 8.75. The Bertz CT molecular complexity index is 601. The molecule has 2 saturated heterocycles. The van der Waals surface area contributed by atoms with Crippen molar-refractivity contribution in [2.75, 3.05) is 19.8 Å². The third kappa shape index (κ3) is 5.45. The Morgan fingerprint density at radius 3 is 1.93 bits per heavy atom. The molecule has 0 aromatic rings. The quantitative estimate of drug-likeness (QED) is 0.342. The maximum absolute atomic E-state index is 12.5. The largest absolute Gasteiger partial charge is 0.459 e. The Morgan fingerprint density at radius 1 is 1.07 bits per heavy atom. The van der Waals surface area contributed by atoms with Crippen molar-refractivity contribution in [2.24, 2.45) is 0 Å². The van der Waals surface area contributed by atoms with Crippen molar-refractivity contribution in [2.45, 2.75) is 76.5 Å². The van der Waals surface area contributed by atoms with Crippen molar-refractivity contribution < 1.29 is 33.4 Å². The molecule has 0 aromatic carbocycles. The van der Waals surface area contributed by atoms with Crippen LogP contribution in [0, 0.1) is 0 Å². The molecule has 8 nitrogen and oxygen atoms in total. The van der Waals surface area contributed by atoms with E-state index in [9.17, 15) is 9.59 Å². The third-order valence-corrected chi connectivity index (χ3v) is 4.83. The fourth-order valence-corrected chi connectivity index (χ4v) is 4.24. The molecule has 0 saturated carbocycles. The van der Waals surface area contributed by atoms with Crippen LogP contribution in [0.25, 0.3) is 0 Å². The zero-order chi connectivity index (χ0) is 21.9. The van der Waals surface area contributed by atoms with Gasteiger partial charge >= 0.3 is 11.9 Å². The molecular weight excluding hydrogens is 378 g/mol. The first-order chi connectivity index (χ1) is 13.5. The fraction of sp³-hybridized carbons (Fsp3) is 0.714. The topological polar surface area (TPSA) is 83.5 Å². The number of hydrogen-bond acceptors (Lipinski definition) is 8. The van der Waals surface area contributed by atoms with Gasteiger partial charge in [-0.05, 0) is 34.6 Å². The van der Waals surface area contributed by atoms with Gasteiger partial charge < -0.3 is 18.9 Å². The van der Waals surface area contributed by atoms with Crippen molar-refractivity contribution in [3.63, 3.8) is 0 Å². The molecule has 1 atom stereocenters. The van der Waals surface area contributed by atoms with Crippen LogP contribution in [-0.2, 0) is 33.4 Å². The summed E-state index contributed by atoms with van der Waals surface area (Å²) in [6.07, 6.45) is 2.28. The number of carbonyl (C=O) groups is 2. The van der Waals surface area contributed by atoms with E-state index >= 15 is 0 Å². The lowest BCUT2D eigenvalue weighted by molar-refractivity contribution is -0.346. The summed E-state index contributed by atoms with van der Waals surface area (Å²) in [4.78, 5) is 31.0. The van der Waals surface area contributed by atoms with Crippen LogP contribution >= 0.6 is 0 Å². The number of ether oxygens (including phenoxy) is 4. The molecule has 2 aliphatic rings. The predicted molar refractivity (Wildman–Crippen MR) is 106 cm³/mol. The number of hydroxylamine groups is 2. The number of carbonyl (C=O) groups excluding carboxylic acids is 2. The SMILES string of the molecule is C=CCOC(=O)C(ON1C(C)(C)CC2(CC1(C)C)OCC(C)O2)C(=O)OCC=C. The van der Waals surface area contributed by atoms with Crippen molar-refractivity contribution in [1.29, 1.82) is 0 Å². The van der Waals surface area contributed by atoms with Gasteiger partial charge in [0.05, 0.1) is 12.7 Å². The van der Waals surface area contributed by atoms with E-state index in [2.05, 4.69) is 13.2 Å². The van der Waals surface area contributed by atoms with Gasteiger partial charge in [0.2, 0.25) is 0 Å². The van der Waals surface area contributed by atoms with Crippen LogP contribution in [0.4, 0.5) is 0 Å². The summed E-state index contributed by atoms with van der Waals surface area (Å²) in [5.74, 6) is -2.41. The number of rotatable bonds is 8. The van der Waals surface area contributed by atoms with E-state index in [1.165, 1.54) is 12.2 Å². The maximum atomic E-state index is 12.5. The zero-order valence-electron chi connectivity index (χ0n) is 18.1. The highest BCUT2D eigenvalue weighted by molar-refractivity contribution is 5.98. The minimum Gasteiger partial charge on any atom is -0.459 e. The summed E-state index contributed by atoms with van der Waals surface area (Å²) in [6.45, 7) is 17.2. The summed E-state index contributed by atoms with van der Waals surface area (Å²) >= 11 is 0. The average Bonchev–Trinajstić information content (AvgIpc) is 2.94. The Kier molecular flexibility index (Phi) is 7.27. The Hall–Kier alpha value is -1.74. The lowest BCUT2D eigenvalue weighted by Gasteiger charge is -2.56. The molecule has 0 bridgehead atoms. The van der Waals surface area contributed by atoms with Crippen LogP contribution in [0.2, 0.25) is 0 Å². The smallest absolute Gasteiger partial charge is 0.349 e. The van der Waals surface area contributed by atoms with Gasteiger partial charge in [-0.2, -0.15) is 5.06 Å². The first-order valence-corrected chi connectivity index (χ1v) is 9.80. The van der Waals surface area contributed by atoms with Crippen LogP contribution < -0.4 is 0 Å². The first-order valence-electron chi connectivity index (χ1n) is 9.80. The van der Waals surface area contributed by atoms with E-state index < -0.39 is 34.9 Å². The lowest BCUT2D eigenvalue weighted by Crippen LogP contribution is -2.67. The molecule has 1 spiro atoms. The van der Waals surface area contributed by atoms with Crippen LogP contribution in [0.15, 0.2) is 25.3 Å². The van der Waals surface area contributed by atoms with E-state index in [1.807, 2.05) is 34.6 Å². The summed E-state index contributed by atoms with van der Waals surface area (Å²) in [7, 11) is 0. The molecule has 2 aliphatic heterocycles. The summed E-state index contributed by atoms with van der Waals surface area (Å²) < 4.78 is 22.2. The Labute approximate surface area is 172 Å². The second kappa shape index (κ2) is 8.95. The van der Waals surface area contributed by atoms with Gasteiger partial charge in [-0.25, -0.2) is 9.59 Å². The molecular formula is C21H33NO7. The standard InChI is InChI=1S/C21H33NO7/c1-8-10-25-17(23)16(18(24)26-11-9-2)29-22-19(4,5)13-21(14-20(22,6)7)27-12-15(3)28-21/h8-9,15-16H,1-2,10-14H2,3-7H3. The van der Waals surface area contributed by atoms with Gasteiger partial charge in [-0.1, -0.05) is 25.3 Å². The number of piperidine rings is 1. The van der Waals surface area contributed by atoms with Crippen LogP contribution in [0.3, 0.4) is 0 Å². The number of nitrogens with zero attached hydrogens (tertiary/aromatic N) is 1. The molecule has 0 aromatic heterocycles. The Balaban J connectivity index is 2.25. The van der Waals surface area contributed by atoms with Crippen molar-refractivity contribution in [3.05, 3.63) is 25.3 Å². The highest BCUT2D eigenvalue weighted by Gasteiger charge is 2.58. The molecule has 0 radical (unpaired) electrons. The molecule has 2 heterocycles. The minimum absolute atomic E-state index is 0.00424. The highest BCUT2D eigenvalue weighted by Crippen LogP contribution is 2.48. The predicted octanol–water partition coefficient (Wildman–Crippen LogP) is 2.53. The lowest BCUT2D eigenvalue weighted by atomic mass is 9.78. The minimum atomic E-state index is -1.56. The van der Waals surface area contributed by atoms with Gasteiger partial charge in [-0.3, -0.25) is 4.84 Å². The number of esters is 2. The molecule has 29 heavy (non-hydrogen) atoms. The third-order valence-electron chi connectivity index (χ3n) is 4.83. The molecule has 164 valence electrons. The maximum Gasteiger partial charge on any atom is 0.349 e. The number of hydrogen-bond donors (Lipinski definition) is 0. The van der Waals surface area contributed by atoms with E-state index in [1.54, 1.807) is 5.06 Å². The van der Waals surface area contributed by atoms with E-state index in [-0.39, 0.29) is 19.3 Å². The molecule has 0 aliphatic carbocycles. The molecule has 0 amide bonds. The van der Waals surface area contributed by atoms with Gasteiger partial charge in [-0.15, -0.1) is 0 Å². The molecule has 1 unspecified atom stereocenters. The van der Waals surface area contributed by atoms with E-state index in [4.69, 9.17) is 23.8 Å². The highest BCUT2D eigenvalue weighted by atomic mass is 16.8. The average molecular weight is 411 g/mol. The van der Waals surface area contributed by atoms with Crippen LogP contribution in [0.5, 0.6) is 0 Å². The monoisotopic (exact) mass is 411 g/mol. The Morgan fingerprint density at radius 2 is 1.55 bits per heavy atom. The second-order valence-corrected chi connectivity index (χ2v) is 8.75. The fourth-order valence-electron chi connectivity index (χ4n) is 4.24. The zero-order valence-corrected chi connectivity index (χ0v) is 18.1. The van der Waals surface area contributed by atoms with Crippen LogP contribution in [-0.4, -0.2) is 65.9 Å². The molecule has 2 rings (SSSR count). The van der Waals surface area contributed by atoms with Gasteiger partial charge in [0.1, 0.15) is 13.2 Å². The van der Waals surface area contributed by atoms with Crippen molar-refractivity contribution >= 4 is 11.9 Å². The molecule has 8 heteroatoms. The molecule has 2 fully saturated rings. The summed E-state index contributed by atoms with van der Waals surface area (Å²) in [6, 6.07) is 0. The normalized spacial score (nSPS) is 25.0. The first kappa shape index (κ1) is 23.5.